The molecule has 1 N–H and O–H groups in total. The number of carbonyl (C=O) groups is 1. The normalized spacial score (nSPS) is 11.8. The number of rotatable bonds is 10. The molecule has 0 saturated heterocycles. The third kappa shape index (κ3) is 7.26. The van der Waals surface area contributed by atoms with Crippen LogP contribution in [0, 0.1) is 0 Å². The van der Waals surface area contributed by atoms with E-state index in [0.717, 1.165) is 6.26 Å². The van der Waals surface area contributed by atoms with Crippen molar-refractivity contribution < 1.29 is 22.4 Å². The summed E-state index contributed by atoms with van der Waals surface area (Å²) in [7, 11) is -1.76. The highest BCUT2D eigenvalue weighted by Crippen LogP contribution is 2.03. The fourth-order valence-corrected chi connectivity index (χ4v) is 2.63. The molecule has 1 rings (SSSR count). The molecule has 1 amide bonds. The zero-order chi connectivity index (χ0) is 15.7. The first kappa shape index (κ1) is 17.7. The van der Waals surface area contributed by atoms with Crippen molar-refractivity contribution >= 4 is 15.9 Å². The van der Waals surface area contributed by atoms with E-state index in [2.05, 4.69) is 5.32 Å². The molecule has 0 aliphatic heterocycles. The molecule has 8 heteroatoms. The molecular weight excluding hydrogens is 296 g/mol. The molecule has 0 aliphatic rings. The van der Waals surface area contributed by atoms with Crippen LogP contribution in [0.2, 0.25) is 0 Å². The first-order chi connectivity index (χ1) is 9.93. The summed E-state index contributed by atoms with van der Waals surface area (Å²) in [6.45, 7) is 1.29. The Morgan fingerprint density at radius 2 is 2.19 bits per heavy atom. The first-order valence-electron chi connectivity index (χ1n) is 6.66. The van der Waals surface area contributed by atoms with Crippen molar-refractivity contribution in [2.45, 2.75) is 19.4 Å². The van der Waals surface area contributed by atoms with Crippen LogP contribution >= 0.6 is 0 Å². The van der Waals surface area contributed by atoms with Crippen LogP contribution in [0.5, 0.6) is 0 Å². The minimum Gasteiger partial charge on any atom is -0.467 e. The van der Waals surface area contributed by atoms with Crippen LogP contribution in [0.3, 0.4) is 0 Å². The van der Waals surface area contributed by atoms with Gasteiger partial charge in [0.2, 0.25) is 15.9 Å². The van der Waals surface area contributed by atoms with Gasteiger partial charge < -0.3 is 14.5 Å². The Kier molecular flexibility index (Phi) is 7.41. The van der Waals surface area contributed by atoms with Gasteiger partial charge in [-0.05, 0) is 18.6 Å². The topological polar surface area (TPSA) is 88.8 Å². The van der Waals surface area contributed by atoms with Crippen molar-refractivity contribution in [1.82, 2.24) is 9.62 Å². The first-order valence-corrected chi connectivity index (χ1v) is 8.51. The molecule has 1 aromatic rings. The number of methoxy groups -OCH3 is 1. The van der Waals surface area contributed by atoms with Crippen LogP contribution < -0.4 is 5.32 Å². The molecule has 1 heterocycles. The molecule has 0 unspecified atom stereocenters. The quantitative estimate of drug-likeness (QED) is 0.638. The number of hydrogen-bond donors (Lipinski definition) is 1. The molecule has 0 fully saturated rings. The second-order valence-corrected chi connectivity index (χ2v) is 6.60. The van der Waals surface area contributed by atoms with Gasteiger partial charge in [0.15, 0.2) is 0 Å². The average Bonchev–Trinajstić information content (AvgIpc) is 2.92. The molecule has 21 heavy (non-hydrogen) atoms. The van der Waals surface area contributed by atoms with Crippen LogP contribution in [0.15, 0.2) is 22.8 Å². The largest absolute Gasteiger partial charge is 0.467 e. The van der Waals surface area contributed by atoms with E-state index < -0.39 is 10.0 Å². The predicted molar refractivity (Wildman–Crippen MR) is 78.1 cm³/mol. The zero-order valence-corrected chi connectivity index (χ0v) is 13.2. The molecule has 120 valence electrons. The lowest BCUT2D eigenvalue weighted by Crippen LogP contribution is -2.35. The number of hydrogen-bond acceptors (Lipinski definition) is 5. The second kappa shape index (κ2) is 8.81. The van der Waals surface area contributed by atoms with E-state index in [-0.39, 0.29) is 18.9 Å². The number of sulfonamides is 1. The van der Waals surface area contributed by atoms with E-state index in [1.165, 1.54) is 10.6 Å². The van der Waals surface area contributed by atoms with E-state index in [1.807, 2.05) is 0 Å². The third-order valence-electron chi connectivity index (χ3n) is 2.85. The summed E-state index contributed by atoms with van der Waals surface area (Å²) in [5.74, 6) is 0.440. The maximum Gasteiger partial charge on any atom is 0.221 e. The van der Waals surface area contributed by atoms with Gasteiger partial charge in [-0.2, -0.15) is 0 Å². The lowest BCUT2D eigenvalue weighted by atomic mass is 10.3. The van der Waals surface area contributed by atoms with Crippen molar-refractivity contribution in [2.24, 2.45) is 0 Å². The molecule has 7 nitrogen and oxygen atoms in total. The fourth-order valence-electron chi connectivity index (χ4n) is 1.74. The van der Waals surface area contributed by atoms with Crippen molar-refractivity contribution in [3.8, 4) is 0 Å². The molecule has 0 aliphatic carbocycles. The molecule has 1 aromatic heterocycles. The Labute approximate surface area is 125 Å². The Hall–Kier alpha value is -1.38. The SMILES string of the molecule is COCCCN(CCC(=O)NCc1ccco1)S(C)(=O)=O. The van der Waals surface area contributed by atoms with Gasteiger partial charge in [-0.25, -0.2) is 12.7 Å². The maximum atomic E-state index is 11.7. The second-order valence-electron chi connectivity index (χ2n) is 4.61. The highest BCUT2D eigenvalue weighted by molar-refractivity contribution is 7.88. The smallest absolute Gasteiger partial charge is 0.221 e. The van der Waals surface area contributed by atoms with Crippen LogP contribution in [-0.2, 0) is 26.1 Å². The summed E-state index contributed by atoms with van der Waals surface area (Å²) in [6.07, 6.45) is 3.38. The fraction of sp³-hybridized carbons (Fsp3) is 0.615. The minimum absolute atomic E-state index is 0.112. The molecular formula is C13H22N2O5S. The average molecular weight is 318 g/mol. The van der Waals surface area contributed by atoms with Gasteiger partial charge in [0.05, 0.1) is 19.1 Å². The number of nitrogens with one attached hydrogen (secondary N) is 1. The predicted octanol–water partition coefficient (Wildman–Crippen LogP) is 0.584. The Bertz CT molecular complexity index is 513. The number of ether oxygens (including phenoxy) is 1. The van der Waals surface area contributed by atoms with Crippen LogP contribution in [0.4, 0.5) is 0 Å². The van der Waals surface area contributed by atoms with Crippen molar-refractivity contribution in [2.75, 3.05) is 33.1 Å². The van der Waals surface area contributed by atoms with Gasteiger partial charge in [-0.1, -0.05) is 0 Å². The maximum absolute atomic E-state index is 11.7. The monoisotopic (exact) mass is 318 g/mol. The Balaban J connectivity index is 2.35. The van der Waals surface area contributed by atoms with Crippen LogP contribution in [-0.4, -0.2) is 51.7 Å². The van der Waals surface area contributed by atoms with Gasteiger partial charge in [0.1, 0.15) is 5.76 Å². The number of nitrogens with zero attached hydrogens (tertiary/aromatic N) is 1. The van der Waals surface area contributed by atoms with Crippen molar-refractivity contribution in [3.05, 3.63) is 24.2 Å². The molecule has 0 radical (unpaired) electrons. The zero-order valence-electron chi connectivity index (χ0n) is 12.4. The summed E-state index contributed by atoms with van der Waals surface area (Å²) in [5, 5.41) is 2.68. The Morgan fingerprint density at radius 3 is 2.76 bits per heavy atom. The lowest BCUT2D eigenvalue weighted by Gasteiger charge is -2.19. The summed E-state index contributed by atoms with van der Waals surface area (Å²) >= 11 is 0. The van der Waals surface area contributed by atoms with Gasteiger partial charge in [-0.15, -0.1) is 0 Å². The molecule has 0 spiro atoms. The van der Waals surface area contributed by atoms with Crippen LogP contribution in [0.25, 0.3) is 0 Å². The molecule has 0 saturated carbocycles. The van der Waals surface area contributed by atoms with Gasteiger partial charge in [0, 0.05) is 33.2 Å². The highest BCUT2D eigenvalue weighted by Gasteiger charge is 2.17. The lowest BCUT2D eigenvalue weighted by molar-refractivity contribution is -0.121. The highest BCUT2D eigenvalue weighted by atomic mass is 32.2. The van der Waals surface area contributed by atoms with Gasteiger partial charge in [0.25, 0.3) is 0 Å². The summed E-state index contributed by atoms with van der Waals surface area (Å²) in [6, 6.07) is 3.50. The van der Waals surface area contributed by atoms with Crippen molar-refractivity contribution in [3.63, 3.8) is 0 Å². The van der Waals surface area contributed by atoms with E-state index in [1.54, 1.807) is 19.2 Å². The van der Waals surface area contributed by atoms with E-state index in [9.17, 15) is 13.2 Å². The van der Waals surface area contributed by atoms with E-state index >= 15 is 0 Å². The van der Waals surface area contributed by atoms with Crippen molar-refractivity contribution in [1.29, 1.82) is 0 Å². The number of amides is 1. The Morgan fingerprint density at radius 1 is 1.43 bits per heavy atom. The van der Waals surface area contributed by atoms with Gasteiger partial charge in [-0.3, -0.25) is 4.79 Å². The van der Waals surface area contributed by atoms with E-state index in [4.69, 9.17) is 9.15 Å². The number of carbonyl (C=O) groups excluding carboxylic acids is 1. The molecule has 0 atom stereocenters. The van der Waals surface area contributed by atoms with Crippen LogP contribution in [0.1, 0.15) is 18.6 Å². The summed E-state index contributed by atoms with van der Waals surface area (Å²) < 4.78 is 34.5. The summed E-state index contributed by atoms with van der Waals surface area (Å²) in [4.78, 5) is 11.7. The third-order valence-corrected chi connectivity index (χ3v) is 4.16. The number of furan rings is 1. The van der Waals surface area contributed by atoms with Gasteiger partial charge >= 0.3 is 0 Å². The van der Waals surface area contributed by atoms with E-state index in [0.29, 0.717) is 31.9 Å². The molecule has 0 aromatic carbocycles. The summed E-state index contributed by atoms with van der Waals surface area (Å²) in [5.41, 5.74) is 0. The minimum atomic E-state index is -3.32. The molecule has 0 bridgehead atoms. The standard InChI is InChI=1S/C13H22N2O5S/c1-19-9-4-7-15(21(2,17)18)8-6-13(16)14-11-12-5-3-10-20-12/h3,5,10H,4,6-9,11H2,1-2H3,(H,14,16).